The average molecular weight is 166 g/mol. The molecule has 0 aliphatic carbocycles. The zero-order valence-electron chi connectivity index (χ0n) is 6.73. The normalized spacial score (nSPS) is 12.2. The molecule has 0 bridgehead atoms. The largest absolute Gasteiger partial charge is 0.425 e. The van der Waals surface area contributed by atoms with Gasteiger partial charge in [-0.05, 0) is 19.1 Å². The first-order valence-corrected chi connectivity index (χ1v) is 3.57. The molecule has 2 N–H and O–H groups in total. The van der Waals surface area contributed by atoms with Crippen molar-refractivity contribution in [3.8, 4) is 5.75 Å². The zero-order valence-corrected chi connectivity index (χ0v) is 6.73. The van der Waals surface area contributed by atoms with E-state index in [1.54, 1.807) is 31.5 Å². The molecule has 1 aromatic rings. The van der Waals surface area contributed by atoms with Gasteiger partial charge in [0.05, 0.1) is 0 Å². The molecule has 0 unspecified atom stereocenters. The minimum Gasteiger partial charge on any atom is -0.425 e. The van der Waals surface area contributed by atoms with E-state index in [0.29, 0.717) is 5.75 Å². The van der Waals surface area contributed by atoms with Crippen LogP contribution in [0.25, 0.3) is 0 Å². The molecule has 1 rings (SSSR count). The van der Waals surface area contributed by atoms with Gasteiger partial charge < -0.3 is 10.5 Å². The van der Waals surface area contributed by atoms with Crippen LogP contribution in [0.3, 0.4) is 0 Å². The van der Waals surface area contributed by atoms with Crippen LogP contribution in [0.15, 0.2) is 24.5 Å². The second kappa shape index (κ2) is 3.82. The molecule has 1 heterocycles. The minimum atomic E-state index is -0.599. The number of rotatable bonds is 2. The molecule has 0 aliphatic rings. The highest BCUT2D eigenvalue weighted by Crippen LogP contribution is 2.06. The van der Waals surface area contributed by atoms with Crippen LogP contribution in [0.5, 0.6) is 5.75 Å². The molecule has 0 amide bonds. The highest BCUT2D eigenvalue weighted by molar-refractivity contribution is 5.77. The predicted molar refractivity (Wildman–Crippen MR) is 43.5 cm³/mol. The molecule has 1 aromatic heterocycles. The van der Waals surface area contributed by atoms with Gasteiger partial charge in [0.15, 0.2) is 0 Å². The molecule has 0 fully saturated rings. The Hall–Kier alpha value is -1.42. The fourth-order valence-corrected chi connectivity index (χ4v) is 0.615. The van der Waals surface area contributed by atoms with Gasteiger partial charge in [0.25, 0.3) is 0 Å². The Morgan fingerprint density at radius 2 is 2.17 bits per heavy atom. The molecule has 0 spiro atoms. The van der Waals surface area contributed by atoms with Crippen LogP contribution in [0, 0.1) is 0 Å². The van der Waals surface area contributed by atoms with Crippen molar-refractivity contribution in [2.24, 2.45) is 5.73 Å². The van der Waals surface area contributed by atoms with Gasteiger partial charge in [-0.3, -0.25) is 4.98 Å². The van der Waals surface area contributed by atoms with E-state index >= 15 is 0 Å². The summed E-state index contributed by atoms with van der Waals surface area (Å²) in [5.74, 6) is 0.0218. The summed E-state index contributed by atoms with van der Waals surface area (Å²) in [6.45, 7) is 1.57. The molecule has 4 heteroatoms. The SMILES string of the molecule is C[C@H](N)C(=O)Oc1ccncc1. The van der Waals surface area contributed by atoms with Crippen molar-refractivity contribution in [1.29, 1.82) is 0 Å². The first-order chi connectivity index (χ1) is 5.70. The van der Waals surface area contributed by atoms with Crippen molar-refractivity contribution in [3.05, 3.63) is 24.5 Å². The number of nitrogens with two attached hydrogens (primary N) is 1. The number of hydrogen-bond acceptors (Lipinski definition) is 4. The Labute approximate surface area is 70.4 Å². The number of aromatic nitrogens is 1. The summed E-state index contributed by atoms with van der Waals surface area (Å²) >= 11 is 0. The first kappa shape index (κ1) is 8.67. The van der Waals surface area contributed by atoms with Crippen molar-refractivity contribution in [2.45, 2.75) is 13.0 Å². The lowest BCUT2D eigenvalue weighted by molar-refractivity contribution is -0.135. The van der Waals surface area contributed by atoms with Crippen LogP contribution in [-0.4, -0.2) is 17.0 Å². The number of esters is 1. The van der Waals surface area contributed by atoms with Crippen molar-refractivity contribution in [3.63, 3.8) is 0 Å². The van der Waals surface area contributed by atoms with Crippen LogP contribution in [-0.2, 0) is 4.79 Å². The molecule has 0 saturated heterocycles. The fraction of sp³-hybridized carbons (Fsp3) is 0.250. The van der Waals surface area contributed by atoms with Gasteiger partial charge in [-0.2, -0.15) is 0 Å². The fourth-order valence-electron chi connectivity index (χ4n) is 0.615. The molecule has 0 aliphatic heterocycles. The maximum absolute atomic E-state index is 10.9. The van der Waals surface area contributed by atoms with Gasteiger partial charge in [-0.15, -0.1) is 0 Å². The molecule has 12 heavy (non-hydrogen) atoms. The quantitative estimate of drug-likeness (QED) is 0.643. The molecule has 0 saturated carbocycles. The smallest absolute Gasteiger partial charge is 0.328 e. The number of carbonyl (C=O) groups excluding carboxylic acids is 1. The van der Waals surface area contributed by atoms with Gasteiger partial charge in [0.2, 0.25) is 0 Å². The summed E-state index contributed by atoms with van der Waals surface area (Å²) in [6.07, 6.45) is 3.09. The van der Waals surface area contributed by atoms with E-state index in [1.165, 1.54) is 0 Å². The summed E-state index contributed by atoms with van der Waals surface area (Å²) in [4.78, 5) is 14.7. The second-order valence-electron chi connectivity index (χ2n) is 2.39. The maximum Gasteiger partial charge on any atom is 0.328 e. The summed E-state index contributed by atoms with van der Waals surface area (Å²) in [5.41, 5.74) is 5.29. The number of nitrogens with zero attached hydrogens (tertiary/aromatic N) is 1. The minimum absolute atomic E-state index is 0.443. The standard InChI is InChI=1S/C8H10N2O2/c1-6(9)8(11)12-7-2-4-10-5-3-7/h2-6H,9H2,1H3/t6-/m0/s1. The highest BCUT2D eigenvalue weighted by atomic mass is 16.5. The number of hydrogen-bond donors (Lipinski definition) is 1. The van der Waals surface area contributed by atoms with Crippen LogP contribution >= 0.6 is 0 Å². The summed E-state index contributed by atoms with van der Waals surface area (Å²) in [7, 11) is 0. The molecule has 64 valence electrons. The van der Waals surface area contributed by atoms with Gasteiger partial charge in [0.1, 0.15) is 11.8 Å². The third kappa shape index (κ3) is 2.32. The molecule has 0 radical (unpaired) electrons. The predicted octanol–water partition coefficient (Wildman–Crippen LogP) is 0.334. The van der Waals surface area contributed by atoms with E-state index in [9.17, 15) is 4.79 Å². The highest BCUT2D eigenvalue weighted by Gasteiger charge is 2.08. The van der Waals surface area contributed by atoms with Crippen LogP contribution in [0.1, 0.15) is 6.92 Å². The Morgan fingerprint density at radius 1 is 1.58 bits per heavy atom. The van der Waals surface area contributed by atoms with E-state index in [1.807, 2.05) is 0 Å². The summed E-state index contributed by atoms with van der Waals surface area (Å²) in [6, 6.07) is 2.60. The van der Waals surface area contributed by atoms with Crippen LogP contribution in [0.2, 0.25) is 0 Å². The third-order valence-electron chi connectivity index (χ3n) is 1.24. The topological polar surface area (TPSA) is 65.2 Å². The lowest BCUT2D eigenvalue weighted by Gasteiger charge is -2.05. The van der Waals surface area contributed by atoms with Crippen molar-refractivity contribution in [2.75, 3.05) is 0 Å². The van der Waals surface area contributed by atoms with Gasteiger partial charge in [0, 0.05) is 12.4 Å². The monoisotopic (exact) mass is 166 g/mol. The second-order valence-corrected chi connectivity index (χ2v) is 2.39. The maximum atomic E-state index is 10.9. The van der Waals surface area contributed by atoms with E-state index in [-0.39, 0.29) is 0 Å². The summed E-state index contributed by atoms with van der Waals surface area (Å²) < 4.78 is 4.87. The number of carbonyl (C=O) groups is 1. The molecular formula is C8H10N2O2. The van der Waals surface area contributed by atoms with Gasteiger partial charge >= 0.3 is 5.97 Å². The third-order valence-corrected chi connectivity index (χ3v) is 1.24. The number of pyridine rings is 1. The number of ether oxygens (including phenoxy) is 1. The first-order valence-electron chi connectivity index (χ1n) is 3.57. The van der Waals surface area contributed by atoms with Crippen molar-refractivity contribution in [1.82, 2.24) is 4.98 Å². The Balaban J connectivity index is 2.59. The Bertz CT molecular complexity index is 259. The van der Waals surface area contributed by atoms with Crippen LogP contribution in [0.4, 0.5) is 0 Å². The van der Waals surface area contributed by atoms with Crippen molar-refractivity contribution >= 4 is 5.97 Å². The molecular weight excluding hydrogens is 156 g/mol. The molecule has 1 atom stereocenters. The van der Waals surface area contributed by atoms with E-state index in [0.717, 1.165) is 0 Å². The summed E-state index contributed by atoms with van der Waals surface area (Å²) in [5, 5.41) is 0. The Kier molecular flexibility index (Phi) is 2.76. The average Bonchev–Trinajstić information content (AvgIpc) is 2.06. The zero-order chi connectivity index (χ0) is 8.97. The van der Waals surface area contributed by atoms with Gasteiger partial charge in [-0.1, -0.05) is 0 Å². The van der Waals surface area contributed by atoms with Crippen molar-refractivity contribution < 1.29 is 9.53 Å². The lowest BCUT2D eigenvalue weighted by atomic mass is 10.4. The Morgan fingerprint density at radius 3 is 2.67 bits per heavy atom. The lowest BCUT2D eigenvalue weighted by Crippen LogP contribution is -2.30. The van der Waals surface area contributed by atoms with Crippen LogP contribution < -0.4 is 10.5 Å². The van der Waals surface area contributed by atoms with E-state index < -0.39 is 12.0 Å². The van der Waals surface area contributed by atoms with E-state index in [4.69, 9.17) is 10.5 Å². The van der Waals surface area contributed by atoms with Gasteiger partial charge in [-0.25, -0.2) is 4.79 Å². The van der Waals surface area contributed by atoms with E-state index in [2.05, 4.69) is 4.98 Å². The molecule has 4 nitrogen and oxygen atoms in total. The molecule has 0 aromatic carbocycles.